The van der Waals surface area contributed by atoms with Crippen LogP contribution >= 0.6 is 0 Å². The van der Waals surface area contributed by atoms with Gasteiger partial charge in [0, 0.05) is 26.6 Å². The van der Waals surface area contributed by atoms with Crippen LogP contribution in [0.25, 0.3) is 0 Å². The number of hydrogen-bond donors (Lipinski definition) is 0. The highest BCUT2D eigenvalue weighted by Crippen LogP contribution is 2.23. The number of methoxy groups -OCH3 is 1. The molecule has 1 atom stereocenters. The van der Waals surface area contributed by atoms with Crippen molar-refractivity contribution in [3.8, 4) is 0 Å². The fraction of sp³-hybridized carbons (Fsp3) is 0.562. The number of carbonyl (C=O) groups is 1. The standard InChI is InChI=1S/C16H23NO2/c1-12-4-5-13(2)15(8-12)9-14-10-16(18)17(11-14)6-7-19-3/h4-5,8,14H,6-7,9-11H2,1-3H3/t14-/m0/s1. The number of nitrogens with zero attached hydrogens (tertiary/aromatic N) is 1. The number of rotatable bonds is 5. The van der Waals surface area contributed by atoms with Gasteiger partial charge in [-0.3, -0.25) is 4.79 Å². The molecule has 0 spiro atoms. The van der Waals surface area contributed by atoms with E-state index in [1.165, 1.54) is 16.7 Å². The Hall–Kier alpha value is -1.35. The molecular formula is C16H23NO2. The van der Waals surface area contributed by atoms with Crippen molar-refractivity contribution in [2.75, 3.05) is 26.8 Å². The minimum atomic E-state index is 0.271. The molecule has 0 saturated carbocycles. The quantitative estimate of drug-likeness (QED) is 0.814. The zero-order chi connectivity index (χ0) is 13.8. The van der Waals surface area contributed by atoms with E-state index in [0.717, 1.165) is 19.5 Å². The molecule has 3 heteroatoms. The third-order valence-electron chi connectivity index (χ3n) is 3.87. The number of benzene rings is 1. The van der Waals surface area contributed by atoms with E-state index in [2.05, 4.69) is 32.0 Å². The van der Waals surface area contributed by atoms with Crippen LogP contribution in [0.15, 0.2) is 18.2 Å². The predicted molar refractivity (Wildman–Crippen MR) is 76.2 cm³/mol. The van der Waals surface area contributed by atoms with Crippen LogP contribution in [0.3, 0.4) is 0 Å². The van der Waals surface area contributed by atoms with Crippen LogP contribution in [0.1, 0.15) is 23.1 Å². The summed E-state index contributed by atoms with van der Waals surface area (Å²) in [5.74, 6) is 0.720. The van der Waals surface area contributed by atoms with E-state index in [-0.39, 0.29) is 5.91 Å². The van der Waals surface area contributed by atoms with Crippen LogP contribution in [-0.2, 0) is 16.0 Å². The van der Waals surface area contributed by atoms with Gasteiger partial charge >= 0.3 is 0 Å². The van der Waals surface area contributed by atoms with Crippen molar-refractivity contribution in [1.82, 2.24) is 4.90 Å². The molecule has 0 radical (unpaired) electrons. The first-order chi connectivity index (χ1) is 9.10. The number of hydrogen-bond acceptors (Lipinski definition) is 2. The van der Waals surface area contributed by atoms with Gasteiger partial charge < -0.3 is 9.64 Å². The molecule has 1 aromatic rings. The summed E-state index contributed by atoms with van der Waals surface area (Å²) in [6.07, 6.45) is 1.68. The van der Waals surface area contributed by atoms with E-state index in [4.69, 9.17) is 4.74 Å². The maximum Gasteiger partial charge on any atom is 0.223 e. The van der Waals surface area contributed by atoms with Crippen molar-refractivity contribution >= 4 is 5.91 Å². The summed E-state index contributed by atoms with van der Waals surface area (Å²) in [4.78, 5) is 13.8. The summed E-state index contributed by atoms with van der Waals surface area (Å²) in [5, 5.41) is 0. The topological polar surface area (TPSA) is 29.5 Å². The minimum absolute atomic E-state index is 0.271. The summed E-state index contributed by atoms with van der Waals surface area (Å²) >= 11 is 0. The zero-order valence-electron chi connectivity index (χ0n) is 12.1. The molecule has 1 saturated heterocycles. The van der Waals surface area contributed by atoms with Gasteiger partial charge in [0.2, 0.25) is 5.91 Å². The zero-order valence-corrected chi connectivity index (χ0v) is 12.1. The second kappa shape index (κ2) is 6.20. The van der Waals surface area contributed by atoms with E-state index in [0.29, 0.717) is 18.9 Å². The number of aryl methyl sites for hydroxylation is 2. The third-order valence-corrected chi connectivity index (χ3v) is 3.87. The molecule has 0 aromatic heterocycles. The average Bonchev–Trinajstić information content (AvgIpc) is 2.72. The van der Waals surface area contributed by atoms with Gasteiger partial charge in [-0.15, -0.1) is 0 Å². The molecule has 0 bridgehead atoms. The molecule has 1 heterocycles. The molecule has 0 unspecified atom stereocenters. The Kier molecular flexibility index (Phi) is 4.59. The molecule has 1 aliphatic heterocycles. The van der Waals surface area contributed by atoms with Gasteiger partial charge in [-0.2, -0.15) is 0 Å². The molecular weight excluding hydrogens is 238 g/mol. The molecule has 1 aromatic carbocycles. The van der Waals surface area contributed by atoms with Crippen molar-refractivity contribution in [3.05, 3.63) is 34.9 Å². The highest BCUT2D eigenvalue weighted by Gasteiger charge is 2.29. The van der Waals surface area contributed by atoms with Crippen molar-refractivity contribution in [2.24, 2.45) is 5.92 Å². The van der Waals surface area contributed by atoms with Gasteiger partial charge in [-0.05, 0) is 37.3 Å². The SMILES string of the molecule is COCCN1C[C@@H](Cc2cc(C)ccc2C)CC1=O. The van der Waals surface area contributed by atoms with E-state index in [1.54, 1.807) is 7.11 Å². The molecule has 3 nitrogen and oxygen atoms in total. The highest BCUT2D eigenvalue weighted by atomic mass is 16.5. The van der Waals surface area contributed by atoms with Crippen LogP contribution in [0.5, 0.6) is 0 Å². The lowest BCUT2D eigenvalue weighted by Crippen LogP contribution is -2.28. The normalized spacial score (nSPS) is 19.2. The number of amides is 1. The maximum absolute atomic E-state index is 11.9. The van der Waals surface area contributed by atoms with E-state index in [1.807, 2.05) is 4.90 Å². The smallest absolute Gasteiger partial charge is 0.223 e. The van der Waals surface area contributed by atoms with Crippen LogP contribution < -0.4 is 0 Å². The molecule has 0 N–H and O–H groups in total. The molecule has 1 aliphatic rings. The molecule has 0 aliphatic carbocycles. The Morgan fingerprint density at radius 2 is 2.16 bits per heavy atom. The molecule has 2 rings (SSSR count). The lowest BCUT2D eigenvalue weighted by molar-refractivity contribution is -0.128. The fourth-order valence-corrected chi connectivity index (χ4v) is 2.74. The Morgan fingerprint density at radius 3 is 2.89 bits per heavy atom. The largest absolute Gasteiger partial charge is 0.383 e. The number of ether oxygens (including phenoxy) is 1. The Balaban J connectivity index is 1.97. The highest BCUT2D eigenvalue weighted by molar-refractivity contribution is 5.78. The molecule has 19 heavy (non-hydrogen) atoms. The van der Waals surface area contributed by atoms with Crippen molar-refractivity contribution in [1.29, 1.82) is 0 Å². The summed E-state index contributed by atoms with van der Waals surface area (Å²) in [6.45, 7) is 6.48. The van der Waals surface area contributed by atoms with Crippen molar-refractivity contribution in [2.45, 2.75) is 26.7 Å². The van der Waals surface area contributed by atoms with Crippen LogP contribution in [0.4, 0.5) is 0 Å². The Bertz CT molecular complexity index is 456. The summed E-state index contributed by atoms with van der Waals surface area (Å²) in [6, 6.07) is 6.56. The predicted octanol–water partition coefficient (Wildman–Crippen LogP) is 2.34. The number of likely N-dealkylation sites (tertiary alicyclic amines) is 1. The second-order valence-electron chi connectivity index (χ2n) is 5.54. The Labute approximate surface area is 115 Å². The lowest BCUT2D eigenvalue weighted by atomic mass is 9.94. The summed E-state index contributed by atoms with van der Waals surface area (Å²) in [5.41, 5.74) is 4.00. The molecule has 1 fully saturated rings. The van der Waals surface area contributed by atoms with Crippen molar-refractivity contribution < 1.29 is 9.53 Å². The third kappa shape index (κ3) is 3.57. The molecule has 104 valence electrons. The first kappa shape index (κ1) is 14.1. The van der Waals surface area contributed by atoms with Gasteiger partial charge in [-0.25, -0.2) is 0 Å². The van der Waals surface area contributed by atoms with Gasteiger partial charge in [0.15, 0.2) is 0 Å². The first-order valence-corrected chi connectivity index (χ1v) is 6.93. The van der Waals surface area contributed by atoms with Gasteiger partial charge in [-0.1, -0.05) is 23.8 Å². The van der Waals surface area contributed by atoms with Crippen LogP contribution in [0, 0.1) is 19.8 Å². The molecule has 1 amide bonds. The monoisotopic (exact) mass is 261 g/mol. The summed E-state index contributed by atoms with van der Waals surface area (Å²) < 4.78 is 5.05. The lowest BCUT2D eigenvalue weighted by Gasteiger charge is -2.16. The van der Waals surface area contributed by atoms with Gasteiger partial charge in [0.25, 0.3) is 0 Å². The van der Waals surface area contributed by atoms with Crippen LogP contribution in [0.2, 0.25) is 0 Å². The fourth-order valence-electron chi connectivity index (χ4n) is 2.74. The van der Waals surface area contributed by atoms with Crippen molar-refractivity contribution in [3.63, 3.8) is 0 Å². The van der Waals surface area contributed by atoms with Gasteiger partial charge in [0.05, 0.1) is 6.61 Å². The van der Waals surface area contributed by atoms with E-state index < -0.39 is 0 Å². The Morgan fingerprint density at radius 1 is 1.37 bits per heavy atom. The minimum Gasteiger partial charge on any atom is -0.383 e. The first-order valence-electron chi connectivity index (χ1n) is 6.93. The van der Waals surface area contributed by atoms with Gasteiger partial charge in [0.1, 0.15) is 0 Å². The second-order valence-corrected chi connectivity index (χ2v) is 5.54. The van der Waals surface area contributed by atoms with E-state index >= 15 is 0 Å². The average molecular weight is 261 g/mol. The summed E-state index contributed by atoms with van der Waals surface area (Å²) in [7, 11) is 1.67. The van der Waals surface area contributed by atoms with E-state index in [9.17, 15) is 4.79 Å². The van der Waals surface area contributed by atoms with Crippen LogP contribution in [-0.4, -0.2) is 37.6 Å². The number of carbonyl (C=O) groups excluding carboxylic acids is 1. The maximum atomic E-state index is 11.9.